The lowest BCUT2D eigenvalue weighted by Gasteiger charge is -2.34. The number of aryl methyl sites for hydroxylation is 4. The quantitative estimate of drug-likeness (QED) is 0.108. The summed E-state index contributed by atoms with van der Waals surface area (Å²) in [4.78, 5) is 18.8. The largest absolute Gasteiger partial charge is 0.416 e. The van der Waals surface area contributed by atoms with E-state index in [1.54, 1.807) is 0 Å². The van der Waals surface area contributed by atoms with Gasteiger partial charge in [0, 0.05) is 90.5 Å². The first kappa shape index (κ1) is 64.5. The van der Waals surface area contributed by atoms with Crippen LogP contribution in [0.15, 0.2) is 299 Å². The molecular weight excluding hydrogens is 1430 g/mol. The van der Waals surface area contributed by atoms with Gasteiger partial charge in [0.15, 0.2) is 0 Å². The molecule has 2 aliphatic carbocycles. The second kappa shape index (κ2) is 26.4. The third kappa shape index (κ3) is 11.2. The standard InChI is InChI=1S/C47H30S8.C43H30N4O2/c1-27-7-9-31-29(25-27)30-26-28(2)8-10-32(30)47(31,45-21-19-43(54-45)41-17-15-39(52-41)37-13-11-35(50-37)33-5-3-23-48-33)46-22-20-44(55-46)42-18-16-40(53-42)38-14-12-36(51-38)34-6-4-24-49-34;1-27-13-23-37-35(25-27)36-26-28(2)14-24-38(36)43(37,33-19-15-31(16-20-33)41-46-44-39(48-41)29-9-5-3-6-10-29)34-21-17-32(18-22-34)42-47-45-40(49-42)30-11-7-4-8-12-30/h3-26H,1-2H3;3-26H,1-2H3. The van der Waals surface area contributed by atoms with E-state index in [4.69, 9.17) is 8.83 Å². The van der Waals surface area contributed by atoms with Gasteiger partial charge in [0.1, 0.15) is 0 Å². The fourth-order valence-corrected chi connectivity index (χ4v) is 23.6. The third-order valence-corrected chi connectivity index (χ3v) is 29.5. The lowest BCUT2D eigenvalue weighted by atomic mass is 9.67. The van der Waals surface area contributed by atoms with E-state index in [0.717, 1.165) is 33.4 Å². The Hall–Kier alpha value is -10.4. The number of fused-ring (bicyclic) bond motifs is 6. The van der Waals surface area contributed by atoms with Crippen LogP contribution in [0, 0.1) is 27.7 Å². The van der Waals surface area contributed by atoms with Crippen molar-refractivity contribution in [3.05, 3.63) is 355 Å². The van der Waals surface area contributed by atoms with Crippen molar-refractivity contribution in [2.45, 2.75) is 38.5 Å². The summed E-state index contributed by atoms with van der Waals surface area (Å²) >= 11 is 15.1. The first-order valence-corrected chi connectivity index (χ1v) is 40.9. The van der Waals surface area contributed by atoms with Crippen molar-refractivity contribution >= 4 is 90.7 Å². The molecule has 6 nitrogen and oxygen atoms in total. The fraction of sp³-hybridized carbons (Fsp3) is 0.0667. The topological polar surface area (TPSA) is 77.8 Å². The van der Waals surface area contributed by atoms with Crippen LogP contribution in [0.2, 0.25) is 0 Å². The number of hydrogen-bond acceptors (Lipinski definition) is 14. The Labute approximate surface area is 634 Å². The Balaban J connectivity index is 0.000000144. The number of nitrogens with zero attached hydrogens (tertiary/aromatic N) is 4. The molecule has 0 saturated carbocycles. The molecule has 0 amide bonds. The van der Waals surface area contributed by atoms with Crippen LogP contribution in [0.4, 0.5) is 0 Å². The van der Waals surface area contributed by atoms with Crippen LogP contribution in [0.1, 0.15) is 65.4 Å². The molecule has 10 heterocycles. The maximum atomic E-state index is 6.11. The highest BCUT2D eigenvalue weighted by molar-refractivity contribution is 7.29. The van der Waals surface area contributed by atoms with Crippen LogP contribution in [-0.2, 0) is 10.8 Å². The Bertz CT molecular complexity index is 5800. The smallest absolute Gasteiger partial charge is 0.248 e. The highest BCUT2D eigenvalue weighted by Crippen LogP contribution is 2.62. The second-order valence-electron chi connectivity index (χ2n) is 26.3. The molecule has 0 saturated heterocycles. The molecule has 8 aromatic carbocycles. The maximum absolute atomic E-state index is 6.11. The highest BCUT2D eigenvalue weighted by Gasteiger charge is 2.49. The number of rotatable bonds is 14. The molecule has 0 bridgehead atoms. The summed E-state index contributed by atoms with van der Waals surface area (Å²) in [6.45, 7) is 8.75. The van der Waals surface area contributed by atoms with Crippen LogP contribution in [0.5, 0.6) is 0 Å². The van der Waals surface area contributed by atoms with E-state index < -0.39 is 10.8 Å². The van der Waals surface area contributed by atoms with Crippen LogP contribution < -0.4 is 0 Å². The maximum Gasteiger partial charge on any atom is 0.248 e. The van der Waals surface area contributed by atoms with Gasteiger partial charge in [0.05, 0.1) is 10.8 Å². The summed E-state index contributed by atoms with van der Waals surface area (Å²) in [6.07, 6.45) is 0. The van der Waals surface area contributed by atoms with E-state index in [1.165, 1.54) is 135 Å². The van der Waals surface area contributed by atoms with Gasteiger partial charge in [0.2, 0.25) is 23.6 Å². The van der Waals surface area contributed by atoms with Gasteiger partial charge >= 0.3 is 0 Å². The van der Waals surface area contributed by atoms with Crippen LogP contribution in [0.3, 0.4) is 0 Å². The van der Waals surface area contributed by atoms with E-state index in [9.17, 15) is 0 Å². The van der Waals surface area contributed by atoms with Gasteiger partial charge in [-0.25, -0.2) is 0 Å². The summed E-state index contributed by atoms with van der Waals surface area (Å²) in [6, 6.07) is 101. The minimum absolute atomic E-state index is 0.398. The summed E-state index contributed by atoms with van der Waals surface area (Å²) in [7, 11) is 0. The van der Waals surface area contributed by atoms with Gasteiger partial charge in [-0.05, 0) is 228 Å². The molecule has 2 aliphatic rings. The zero-order valence-electron chi connectivity index (χ0n) is 56.6. The molecule has 14 heteroatoms. The average molecular weight is 1490 g/mol. The number of hydrogen-bond donors (Lipinski definition) is 0. The van der Waals surface area contributed by atoms with Crippen molar-refractivity contribution in [3.63, 3.8) is 0 Å². The fourth-order valence-electron chi connectivity index (χ4n) is 15.0. The van der Waals surface area contributed by atoms with E-state index in [2.05, 4.69) is 277 Å². The van der Waals surface area contributed by atoms with Gasteiger partial charge in [0.25, 0.3) is 0 Å². The predicted molar refractivity (Wildman–Crippen MR) is 440 cm³/mol. The lowest BCUT2D eigenvalue weighted by molar-refractivity contribution is 0.584. The van der Waals surface area contributed by atoms with Gasteiger partial charge in [-0.2, -0.15) is 0 Å². The molecule has 500 valence electrons. The Kier molecular flexibility index (Phi) is 16.4. The summed E-state index contributed by atoms with van der Waals surface area (Å²) in [5.74, 6) is 1.96. The summed E-state index contributed by atoms with van der Waals surface area (Å²) < 4.78 is 12.2. The molecule has 104 heavy (non-hydrogen) atoms. The molecule has 0 spiro atoms. The number of benzene rings is 8. The first-order chi connectivity index (χ1) is 51.1. The van der Waals surface area contributed by atoms with E-state index in [-0.39, 0.29) is 0 Å². The zero-order chi connectivity index (χ0) is 69.6. The normalized spacial score (nSPS) is 13.0. The monoisotopic (exact) mass is 1480 g/mol. The Morgan fingerprint density at radius 1 is 0.240 bits per heavy atom. The predicted octanol–water partition coefficient (Wildman–Crippen LogP) is 27.3. The number of aromatic nitrogens is 4. The minimum Gasteiger partial charge on any atom is -0.416 e. The SMILES string of the molecule is Cc1ccc2c(c1)-c1cc(C)ccc1C2(c1ccc(-c2ccc(-c3ccc(-c4cccs4)s3)s2)s1)c1ccc(-c2ccc(-c3ccc(-c4cccs4)s3)s2)s1.Cc1ccc2c(c1)-c1cc(C)ccc1C2(c1ccc(-c2nnc(-c3ccccc3)o2)cc1)c1ccc(-c2nnc(-c3ccccc3)o2)cc1. The summed E-state index contributed by atoms with van der Waals surface area (Å²) in [5.41, 5.74) is 20.3. The molecule has 10 aromatic heterocycles. The van der Waals surface area contributed by atoms with Gasteiger partial charge in [-0.3, -0.25) is 0 Å². The van der Waals surface area contributed by atoms with E-state index >= 15 is 0 Å². The van der Waals surface area contributed by atoms with Crippen molar-refractivity contribution in [1.82, 2.24) is 20.4 Å². The molecule has 0 N–H and O–H groups in total. The van der Waals surface area contributed by atoms with Gasteiger partial charge in [-0.1, -0.05) is 168 Å². The van der Waals surface area contributed by atoms with Crippen LogP contribution >= 0.6 is 90.7 Å². The lowest BCUT2D eigenvalue weighted by Crippen LogP contribution is -2.28. The number of thiophene rings is 8. The molecule has 0 atom stereocenters. The van der Waals surface area contributed by atoms with Crippen LogP contribution in [-0.4, -0.2) is 20.4 Å². The molecule has 20 rings (SSSR count). The van der Waals surface area contributed by atoms with Crippen molar-refractivity contribution in [3.8, 4) is 127 Å². The van der Waals surface area contributed by atoms with E-state index in [0.29, 0.717) is 23.6 Å². The van der Waals surface area contributed by atoms with Crippen molar-refractivity contribution in [2.75, 3.05) is 0 Å². The highest BCUT2D eigenvalue weighted by atomic mass is 32.1. The third-order valence-electron chi connectivity index (χ3n) is 19.8. The van der Waals surface area contributed by atoms with Crippen molar-refractivity contribution in [2.24, 2.45) is 0 Å². The van der Waals surface area contributed by atoms with E-state index in [1.807, 2.05) is 151 Å². The van der Waals surface area contributed by atoms with Crippen molar-refractivity contribution in [1.29, 1.82) is 0 Å². The average Bonchev–Trinajstić information content (AvgIpc) is 1.53. The Morgan fingerprint density at radius 3 is 0.827 bits per heavy atom. The molecular formula is C90H60N4O2S8. The Morgan fingerprint density at radius 2 is 0.519 bits per heavy atom. The molecule has 18 aromatic rings. The molecule has 0 aliphatic heterocycles. The van der Waals surface area contributed by atoms with Gasteiger partial charge < -0.3 is 8.83 Å². The first-order valence-electron chi connectivity index (χ1n) is 34.2. The molecule has 0 fully saturated rings. The van der Waals surface area contributed by atoms with Gasteiger partial charge in [-0.15, -0.1) is 111 Å². The zero-order valence-corrected chi connectivity index (χ0v) is 63.1. The minimum atomic E-state index is -0.572. The summed E-state index contributed by atoms with van der Waals surface area (Å²) in [5, 5.41) is 21.7. The van der Waals surface area contributed by atoms with Crippen molar-refractivity contribution < 1.29 is 8.83 Å². The second-order valence-corrected chi connectivity index (χ2v) is 34.7. The molecule has 0 radical (unpaired) electrons. The molecule has 0 unspecified atom stereocenters. The van der Waals surface area contributed by atoms with Crippen LogP contribution in [0.25, 0.3) is 127 Å².